The summed E-state index contributed by atoms with van der Waals surface area (Å²) in [5.41, 5.74) is 6.49. The van der Waals surface area contributed by atoms with Gasteiger partial charge in [-0.25, -0.2) is 0 Å². The molecule has 0 saturated heterocycles. The van der Waals surface area contributed by atoms with Gasteiger partial charge in [-0.05, 0) is 24.6 Å². The van der Waals surface area contributed by atoms with Crippen LogP contribution in [0.2, 0.25) is 0 Å². The highest BCUT2D eigenvalue weighted by molar-refractivity contribution is 6.00. The van der Waals surface area contributed by atoms with Gasteiger partial charge in [0.15, 0.2) is 17.3 Å². The molecule has 2 N–H and O–H groups in total. The maximum Gasteiger partial charge on any atom is 0.179 e. The van der Waals surface area contributed by atoms with E-state index in [1.54, 1.807) is 18.2 Å². The summed E-state index contributed by atoms with van der Waals surface area (Å²) in [7, 11) is 0. The second kappa shape index (κ2) is 5.87. The molecule has 0 spiro atoms. The summed E-state index contributed by atoms with van der Waals surface area (Å²) < 4.78 is 10.9. The van der Waals surface area contributed by atoms with Gasteiger partial charge in [-0.3, -0.25) is 4.79 Å². The molecule has 0 fully saturated rings. The molecule has 0 bridgehead atoms. The van der Waals surface area contributed by atoms with Gasteiger partial charge < -0.3 is 15.2 Å². The van der Waals surface area contributed by atoms with Crippen molar-refractivity contribution in [1.82, 2.24) is 0 Å². The molecular formula is C14H19NO3. The molecule has 1 aromatic rings. The van der Waals surface area contributed by atoms with E-state index in [1.165, 1.54) is 0 Å². The van der Waals surface area contributed by atoms with Gasteiger partial charge in [0.1, 0.15) is 13.2 Å². The van der Waals surface area contributed by atoms with Gasteiger partial charge in [-0.15, -0.1) is 0 Å². The fourth-order valence-electron chi connectivity index (χ4n) is 1.97. The van der Waals surface area contributed by atoms with E-state index in [1.807, 2.05) is 0 Å². The van der Waals surface area contributed by atoms with Crippen LogP contribution >= 0.6 is 0 Å². The maximum atomic E-state index is 12.1. The number of hydrogen-bond acceptors (Lipinski definition) is 4. The van der Waals surface area contributed by atoms with Crippen LogP contribution in [0.3, 0.4) is 0 Å². The average Bonchev–Trinajstić information content (AvgIpc) is 2.43. The molecule has 4 heteroatoms. The average molecular weight is 249 g/mol. The number of benzene rings is 1. The van der Waals surface area contributed by atoms with Crippen molar-refractivity contribution in [1.29, 1.82) is 0 Å². The predicted octanol–water partition coefficient (Wildman–Crippen LogP) is 2.16. The maximum absolute atomic E-state index is 12.1. The zero-order chi connectivity index (χ0) is 13.0. The molecule has 1 aromatic carbocycles. The lowest BCUT2D eigenvalue weighted by Crippen LogP contribution is -2.30. The minimum Gasteiger partial charge on any atom is -0.486 e. The van der Waals surface area contributed by atoms with E-state index in [-0.39, 0.29) is 5.78 Å². The molecule has 98 valence electrons. The Morgan fingerprint density at radius 2 is 2.06 bits per heavy atom. The molecule has 1 heterocycles. The normalized spacial score (nSPS) is 15.2. The third-order valence-electron chi connectivity index (χ3n) is 3.03. The lowest BCUT2D eigenvalue weighted by Gasteiger charge is -2.19. The van der Waals surface area contributed by atoms with Crippen molar-refractivity contribution >= 4 is 5.78 Å². The fraction of sp³-hybridized carbons (Fsp3) is 0.500. The molecule has 0 radical (unpaired) electrons. The molecular weight excluding hydrogens is 230 g/mol. The lowest BCUT2D eigenvalue weighted by molar-refractivity contribution is 0.0955. The fourth-order valence-corrected chi connectivity index (χ4v) is 1.97. The van der Waals surface area contributed by atoms with E-state index in [9.17, 15) is 4.79 Å². The van der Waals surface area contributed by atoms with Gasteiger partial charge in [0, 0.05) is 5.56 Å². The first-order valence-electron chi connectivity index (χ1n) is 6.42. The zero-order valence-corrected chi connectivity index (χ0v) is 10.6. The molecule has 1 aliphatic rings. The first-order chi connectivity index (χ1) is 8.72. The van der Waals surface area contributed by atoms with Crippen molar-refractivity contribution in [3.05, 3.63) is 23.8 Å². The second-order valence-electron chi connectivity index (χ2n) is 4.47. The number of carbonyl (C=O) groups is 1. The number of ether oxygens (including phenoxy) is 2. The number of ketones is 1. The van der Waals surface area contributed by atoms with Crippen molar-refractivity contribution in [2.45, 2.75) is 32.2 Å². The molecule has 1 aliphatic heterocycles. The van der Waals surface area contributed by atoms with Crippen LogP contribution in [0.15, 0.2) is 18.2 Å². The van der Waals surface area contributed by atoms with Crippen LogP contribution in [-0.2, 0) is 0 Å². The number of fused-ring (bicyclic) bond motifs is 1. The largest absolute Gasteiger partial charge is 0.486 e. The smallest absolute Gasteiger partial charge is 0.179 e. The Morgan fingerprint density at radius 3 is 2.78 bits per heavy atom. The van der Waals surface area contributed by atoms with Gasteiger partial charge in [0.05, 0.1) is 6.04 Å². The molecule has 1 unspecified atom stereocenters. The topological polar surface area (TPSA) is 61.6 Å². The molecule has 0 saturated carbocycles. The van der Waals surface area contributed by atoms with Crippen LogP contribution in [0, 0.1) is 0 Å². The van der Waals surface area contributed by atoms with Gasteiger partial charge in [0.25, 0.3) is 0 Å². The minimum atomic E-state index is -0.424. The monoisotopic (exact) mass is 249 g/mol. The lowest BCUT2D eigenvalue weighted by atomic mass is 10.00. The Balaban J connectivity index is 2.10. The summed E-state index contributed by atoms with van der Waals surface area (Å²) in [6.07, 6.45) is 2.74. The zero-order valence-electron chi connectivity index (χ0n) is 10.6. The summed E-state index contributed by atoms with van der Waals surface area (Å²) in [5, 5.41) is 0. The summed E-state index contributed by atoms with van der Waals surface area (Å²) >= 11 is 0. The summed E-state index contributed by atoms with van der Waals surface area (Å²) in [4.78, 5) is 12.1. The third kappa shape index (κ3) is 2.82. The Labute approximate surface area is 107 Å². The molecule has 4 nitrogen and oxygen atoms in total. The third-order valence-corrected chi connectivity index (χ3v) is 3.03. The molecule has 2 rings (SSSR count). The van der Waals surface area contributed by atoms with E-state index in [0.717, 1.165) is 19.3 Å². The Bertz CT molecular complexity index is 431. The second-order valence-corrected chi connectivity index (χ2v) is 4.47. The Hall–Kier alpha value is -1.55. The van der Waals surface area contributed by atoms with Crippen LogP contribution in [0.4, 0.5) is 0 Å². The molecule has 0 aliphatic carbocycles. The highest BCUT2D eigenvalue weighted by Crippen LogP contribution is 2.31. The van der Waals surface area contributed by atoms with Crippen molar-refractivity contribution in [3.63, 3.8) is 0 Å². The number of rotatable bonds is 5. The van der Waals surface area contributed by atoms with E-state index < -0.39 is 6.04 Å². The van der Waals surface area contributed by atoms with Crippen LogP contribution in [0.1, 0.15) is 36.5 Å². The van der Waals surface area contributed by atoms with Gasteiger partial charge in [-0.2, -0.15) is 0 Å². The summed E-state index contributed by atoms with van der Waals surface area (Å²) in [6, 6.07) is 4.82. The SMILES string of the molecule is CCCCC(N)C(=O)c1ccc2c(c1)OCCO2. The number of nitrogens with two attached hydrogens (primary N) is 1. The van der Waals surface area contributed by atoms with Crippen LogP contribution in [-0.4, -0.2) is 25.0 Å². The summed E-state index contributed by atoms with van der Waals surface area (Å²) in [5.74, 6) is 1.30. The van der Waals surface area contributed by atoms with Crippen molar-refractivity contribution < 1.29 is 14.3 Å². The molecule has 0 amide bonds. The van der Waals surface area contributed by atoms with Crippen molar-refractivity contribution in [2.75, 3.05) is 13.2 Å². The first kappa shape index (κ1) is 12.9. The van der Waals surface area contributed by atoms with Gasteiger partial charge in [0.2, 0.25) is 0 Å². The van der Waals surface area contributed by atoms with Crippen LogP contribution in [0.25, 0.3) is 0 Å². The highest BCUT2D eigenvalue weighted by atomic mass is 16.6. The van der Waals surface area contributed by atoms with Crippen molar-refractivity contribution in [2.24, 2.45) is 5.73 Å². The number of unbranched alkanes of at least 4 members (excludes halogenated alkanes) is 1. The quantitative estimate of drug-likeness (QED) is 0.812. The predicted molar refractivity (Wildman–Crippen MR) is 69.3 cm³/mol. The van der Waals surface area contributed by atoms with Gasteiger partial charge >= 0.3 is 0 Å². The van der Waals surface area contributed by atoms with E-state index in [4.69, 9.17) is 15.2 Å². The van der Waals surface area contributed by atoms with E-state index in [0.29, 0.717) is 30.3 Å². The highest BCUT2D eigenvalue weighted by Gasteiger charge is 2.18. The summed E-state index contributed by atoms with van der Waals surface area (Å²) in [6.45, 7) is 3.16. The number of carbonyl (C=O) groups excluding carboxylic acids is 1. The van der Waals surface area contributed by atoms with E-state index >= 15 is 0 Å². The molecule has 18 heavy (non-hydrogen) atoms. The van der Waals surface area contributed by atoms with Crippen LogP contribution in [0.5, 0.6) is 11.5 Å². The number of hydrogen-bond donors (Lipinski definition) is 1. The van der Waals surface area contributed by atoms with Crippen LogP contribution < -0.4 is 15.2 Å². The molecule has 0 aromatic heterocycles. The first-order valence-corrected chi connectivity index (χ1v) is 6.42. The van der Waals surface area contributed by atoms with Crippen molar-refractivity contribution in [3.8, 4) is 11.5 Å². The standard InChI is InChI=1S/C14H19NO3/c1-2-3-4-11(15)14(16)10-5-6-12-13(9-10)18-8-7-17-12/h5-6,9,11H,2-4,7-8,15H2,1H3. The minimum absolute atomic E-state index is 0.0274. The van der Waals surface area contributed by atoms with E-state index in [2.05, 4.69) is 6.92 Å². The Morgan fingerprint density at radius 1 is 1.33 bits per heavy atom. The van der Waals surface area contributed by atoms with Gasteiger partial charge in [-0.1, -0.05) is 19.8 Å². The number of Topliss-reactive ketones (excluding diaryl/α,β-unsaturated/α-hetero) is 1. The molecule has 1 atom stereocenters. The Kier molecular flexibility index (Phi) is 4.20.